The first kappa shape index (κ1) is 20.1. The fourth-order valence-corrected chi connectivity index (χ4v) is 3.69. The Morgan fingerprint density at radius 3 is 2.53 bits per heavy atom. The van der Waals surface area contributed by atoms with Crippen LogP contribution in [-0.2, 0) is 13.2 Å². The van der Waals surface area contributed by atoms with E-state index < -0.39 is 0 Å². The van der Waals surface area contributed by atoms with Crippen LogP contribution in [0.5, 0.6) is 11.5 Å². The number of hydrogen-bond acceptors (Lipinski definition) is 3. The molecule has 0 aliphatic rings. The third-order valence-corrected chi connectivity index (χ3v) is 5.65. The van der Waals surface area contributed by atoms with E-state index in [0.717, 1.165) is 38.9 Å². The minimum Gasteiger partial charge on any atom is -0.493 e. The minimum atomic E-state index is 0.483. The van der Waals surface area contributed by atoms with Crippen LogP contribution in [0.4, 0.5) is 5.69 Å². The van der Waals surface area contributed by atoms with Crippen LogP contribution in [-0.4, -0.2) is 7.11 Å². The van der Waals surface area contributed by atoms with Gasteiger partial charge in [0.05, 0.1) is 7.11 Å². The Morgan fingerprint density at radius 1 is 0.867 bits per heavy atom. The molecule has 0 unspecified atom stereocenters. The second-order valence-electron chi connectivity index (χ2n) is 7.18. The lowest BCUT2D eigenvalue weighted by Gasteiger charge is -2.15. The van der Waals surface area contributed by atoms with E-state index in [1.165, 1.54) is 10.8 Å². The van der Waals surface area contributed by atoms with Gasteiger partial charge in [0.2, 0.25) is 0 Å². The number of halogens is 1. The molecule has 0 aliphatic carbocycles. The molecule has 4 aromatic rings. The van der Waals surface area contributed by atoms with Crippen molar-refractivity contribution in [2.45, 2.75) is 20.1 Å². The fourth-order valence-electron chi connectivity index (χ4n) is 3.51. The van der Waals surface area contributed by atoms with Crippen molar-refractivity contribution in [1.29, 1.82) is 0 Å². The highest BCUT2D eigenvalue weighted by Crippen LogP contribution is 2.30. The summed E-state index contributed by atoms with van der Waals surface area (Å²) < 4.78 is 11.7. The molecule has 0 fully saturated rings. The molecule has 152 valence electrons. The van der Waals surface area contributed by atoms with Gasteiger partial charge >= 0.3 is 0 Å². The molecule has 0 aromatic heterocycles. The van der Waals surface area contributed by atoms with Gasteiger partial charge in [-0.05, 0) is 58.7 Å². The molecule has 3 nitrogen and oxygen atoms in total. The van der Waals surface area contributed by atoms with Crippen molar-refractivity contribution in [1.82, 2.24) is 0 Å². The summed E-state index contributed by atoms with van der Waals surface area (Å²) in [7, 11) is 1.67. The molecule has 0 saturated heterocycles. The molecule has 0 radical (unpaired) electrons. The fraction of sp³-hybridized carbons (Fsp3) is 0.154. The van der Waals surface area contributed by atoms with Crippen LogP contribution >= 0.6 is 11.6 Å². The largest absolute Gasteiger partial charge is 0.493 e. The van der Waals surface area contributed by atoms with Crippen molar-refractivity contribution < 1.29 is 9.47 Å². The highest BCUT2D eigenvalue weighted by atomic mass is 35.5. The van der Waals surface area contributed by atoms with Crippen molar-refractivity contribution in [2.75, 3.05) is 12.4 Å². The monoisotopic (exact) mass is 417 g/mol. The van der Waals surface area contributed by atoms with Crippen molar-refractivity contribution >= 4 is 28.1 Å². The maximum Gasteiger partial charge on any atom is 0.161 e. The third-order valence-electron chi connectivity index (χ3n) is 5.24. The normalized spacial score (nSPS) is 10.8. The average Bonchev–Trinajstić information content (AvgIpc) is 2.79. The summed E-state index contributed by atoms with van der Waals surface area (Å²) in [5.41, 5.74) is 4.32. The van der Waals surface area contributed by atoms with E-state index in [1.54, 1.807) is 7.11 Å². The van der Waals surface area contributed by atoms with Gasteiger partial charge in [0, 0.05) is 17.3 Å². The van der Waals surface area contributed by atoms with Crippen molar-refractivity contribution in [3.8, 4) is 11.5 Å². The van der Waals surface area contributed by atoms with Gasteiger partial charge in [-0.1, -0.05) is 66.2 Å². The first-order valence-corrected chi connectivity index (χ1v) is 10.3. The first-order valence-electron chi connectivity index (χ1n) is 9.91. The van der Waals surface area contributed by atoms with E-state index in [9.17, 15) is 0 Å². The number of anilines is 1. The van der Waals surface area contributed by atoms with Gasteiger partial charge in [-0.3, -0.25) is 0 Å². The van der Waals surface area contributed by atoms with E-state index in [1.807, 2.05) is 49.4 Å². The van der Waals surface area contributed by atoms with Crippen LogP contribution in [0, 0.1) is 6.92 Å². The number of rotatable bonds is 7. The maximum absolute atomic E-state index is 6.21. The van der Waals surface area contributed by atoms with Crippen LogP contribution in [0.1, 0.15) is 16.7 Å². The van der Waals surface area contributed by atoms with E-state index in [-0.39, 0.29) is 0 Å². The molecule has 0 atom stereocenters. The minimum absolute atomic E-state index is 0.483. The SMILES string of the molecule is COc1cc(CNc2cccc(Cl)c2C)ccc1OCc1cccc2ccccc12. The summed E-state index contributed by atoms with van der Waals surface area (Å²) in [5, 5.41) is 6.61. The zero-order valence-electron chi connectivity index (χ0n) is 17.1. The number of benzene rings is 4. The zero-order chi connectivity index (χ0) is 20.9. The molecule has 4 aromatic carbocycles. The first-order chi connectivity index (χ1) is 14.7. The van der Waals surface area contributed by atoms with Gasteiger partial charge in [-0.25, -0.2) is 0 Å². The summed E-state index contributed by atoms with van der Waals surface area (Å²) in [6, 6.07) is 26.5. The lowest BCUT2D eigenvalue weighted by Crippen LogP contribution is -2.03. The van der Waals surface area contributed by atoms with Crippen molar-refractivity contribution in [2.24, 2.45) is 0 Å². The summed E-state index contributed by atoms with van der Waals surface area (Å²) in [5.74, 6) is 1.45. The summed E-state index contributed by atoms with van der Waals surface area (Å²) >= 11 is 6.21. The average molecular weight is 418 g/mol. The quantitative estimate of drug-likeness (QED) is 0.351. The summed E-state index contributed by atoms with van der Waals surface area (Å²) in [4.78, 5) is 0. The molecule has 0 aliphatic heterocycles. The highest BCUT2D eigenvalue weighted by molar-refractivity contribution is 6.31. The Bertz CT molecular complexity index is 1170. The number of methoxy groups -OCH3 is 1. The molecular weight excluding hydrogens is 394 g/mol. The number of nitrogens with one attached hydrogen (secondary N) is 1. The van der Waals surface area contributed by atoms with Gasteiger partial charge in [-0.2, -0.15) is 0 Å². The Kier molecular flexibility index (Phi) is 6.10. The van der Waals surface area contributed by atoms with Gasteiger partial charge < -0.3 is 14.8 Å². The van der Waals surface area contributed by atoms with Gasteiger partial charge in [0.1, 0.15) is 6.61 Å². The highest BCUT2D eigenvalue weighted by Gasteiger charge is 2.09. The topological polar surface area (TPSA) is 30.5 Å². The molecule has 0 saturated carbocycles. The van der Waals surface area contributed by atoms with Crippen LogP contribution in [0.25, 0.3) is 10.8 Å². The lowest BCUT2D eigenvalue weighted by molar-refractivity contribution is 0.285. The number of hydrogen-bond donors (Lipinski definition) is 1. The van der Waals surface area contributed by atoms with Crippen LogP contribution in [0.3, 0.4) is 0 Å². The lowest BCUT2D eigenvalue weighted by atomic mass is 10.1. The van der Waals surface area contributed by atoms with Crippen LogP contribution in [0.2, 0.25) is 5.02 Å². The summed E-state index contributed by atoms with van der Waals surface area (Å²) in [6.45, 7) is 3.16. The predicted octanol–water partition coefficient (Wildman–Crippen LogP) is 7.00. The molecule has 0 spiro atoms. The van der Waals surface area contributed by atoms with Gasteiger partial charge in [0.15, 0.2) is 11.5 Å². The summed E-state index contributed by atoms with van der Waals surface area (Å²) in [6.07, 6.45) is 0. The number of fused-ring (bicyclic) bond motifs is 1. The van der Waals surface area contributed by atoms with Gasteiger partial charge in [0.25, 0.3) is 0 Å². The molecule has 30 heavy (non-hydrogen) atoms. The Balaban J connectivity index is 1.47. The Labute approximate surface area is 182 Å². The smallest absolute Gasteiger partial charge is 0.161 e. The van der Waals surface area contributed by atoms with Crippen LogP contribution in [0.15, 0.2) is 78.9 Å². The van der Waals surface area contributed by atoms with Gasteiger partial charge in [-0.15, -0.1) is 0 Å². The van der Waals surface area contributed by atoms with Crippen LogP contribution < -0.4 is 14.8 Å². The Morgan fingerprint density at radius 2 is 1.67 bits per heavy atom. The molecule has 4 heteroatoms. The van der Waals surface area contributed by atoms with E-state index in [2.05, 4.69) is 41.7 Å². The van der Waals surface area contributed by atoms with E-state index >= 15 is 0 Å². The van der Waals surface area contributed by atoms with Crippen molar-refractivity contribution in [3.05, 3.63) is 101 Å². The molecule has 4 rings (SSSR count). The Hall–Kier alpha value is -3.17. The molecule has 0 amide bonds. The molecule has 1 N–H and O–H groups in total. The molecular formula is C26H24ClNO2. The zero-order valence-corrected chi connectivity index (χ0v) is 17.9. The molecule has 0 bridgehead atoms. The standard InChI is InChI=1S/C26H24ClNO2/c1-18-23(27)11-6-12-24(18)28-16-19-13-14-25(26(15-19)29-2)30-17-21-9-5-8-20-7-3-4-10-22(20)21/h3-15,28H,16-17H2,1-2H3. The molecule has 0 heterocycles. The second-order valence-corrected chi connectivity index (χ2v) is 7.59. The van der Waals surface area contributed by atoms with E-state index in [0.29, 0.717) is 13.2 Å². The number of ether oxygens (including phenoxy) is 2. The van der Waals surface area contributed by atoms with Crippen molar-refractivity contribution in [3.63, 3.8) is 0 Å². The van der Waals surface area contributed by atoms with E-state index in [4.69, 9.17) is 21.1 Å². The second kappa shape index (κ2) is 9.10. The maximum atomic E-state index is 6.21. The third kappa shape index (κ3) is 4.37. The predicted molar refractivity (Wildman–Crippen MR) is 125 cm³/mol.